The van der Waals surface area contributed by atoms with Crippen LogP contribution in [0, 0.1) is 6.92 Å². The molecule has 4 rings (SSSR count). The van der Waals surface area contributed by atoms with Crippen LogP contribution in [-0.2, 0) is 6.54 Å². The maximum Gasteiger partial charge on any atom is 0.259 e. The predicted octanol–water partition coefficient (Wildman–Crippen LogP) is 3.07. The highest BCUT2D eigenvalue weighted by molar-refractivity contribution is 7.15. The molecule has 6 nitrogen and oxygen atoms in total. The summed E-state index contributed by atoms with van der Waals surface area (Å²) in [5.74, 6) is -0.0284. The number of hydrogen-bond donors (Lipinski definition) is 0. The third kappa shape index (κ3) is 3.83. The summed E-state index contributed by atoms with van der Waals surface area (Å²) in [6.45, 7) is 5.43. The van der Waals surface area contributed by atoms with Crippen LogP contribution in [0.1, 0.15) is 28.2 Å². The van der Waals surface area contributed by atoms with Gasteiger partial charge in [0.2, 0.25) is 0 Å². The van der Waals surface area contributed by atoms with Crippen LogP contribution < -0.4 is 5.56 Å². The van der Waals surface area contributed by atoms with E-state index in [-0.39, 0.29) is 11.5 Å². The Bertz CT molecular complexity index is 1080. The highest BCUT2D eigenvalue weighted by Gasteiger charge is 2.22. The Balaban J connectivity index is 1.45. The van der Waals surface area contributed by atoms with Crippen LogP contribution in [0.25, 0.3) is 4.96 Å². The number of hydrogen-bond acceptors (Lipinski definition) is 5. The number of carbonyl (C=O) groups excluding carboxylic acids is 1. The fraction of sp³-hybridized carbons (Fsp3) is 0.350. The molecule has 8 heteroatoms. The summed E-state index contributed by atoms with van der Waals surface area (Å²) >= 11 is 7.66. The number of halogens is 1. The molecular weight excluding hydrogens is 396 g/mol. The number of thiazole rings is 1. The summed E-state index contributed by atoms with van der Waals surface area (Å²) < 4.78 is 1.64. The van der Waals surface area contributed by atoms with E-state index in [0.29, 0.717) is 30.2 Å². The quantitative estimate of drug-likeness (QED) is 0.658. The van der Waals surface area contributed by atoms with E-state index in [9.17, 15) is 9.59 Å². The van der Waals surface area contributed by atoms with E-state index in [1.165, 1.54) is 11.3 Å². The van der Waals surface area contributed by atoms with Crippen LogP contribution in [0.15, 0.2) is 40.5 Å². The van der Waals surface area contributed by atoms with Crippen molar-refractivity contribution in [3.05, 3.63) is 68.0 Å². The zero-order chi connectivity index (χ0) is 19.7. The Kier molecular flexibility index (Phi) is 5.48. The average Bonchev–Trinajstić information content (AvgIpc) is 2.90. The van der Waals surface area contributed by atoms with Crippen molar-refractivity contribution in [1.29, 1.82) is 0 Å². The molecule has 2 aromatic heterocycles. The van der Waals surface area contributed by atoms with Gasteiger partial charge in [-0.3, -0.25) is 18.9 Å². The van der Waals surface area contributed by atoms with Crippen LogP contribution in [0.5, 0.6) is 0 Å². The van der Waals surface area contributed by atoms with Crippen molar-refractivity contribution in [3.8, 4) is 0 Å². The van der Waals surface area contributed by atoms with E-state index in [0.717, 1.165) is 35.9 Å². The van der Waals surface area contributed by atoms with Gasteiger partial charge in [-0.15, -0.1) is 11.3 Å². The Labute approximate surface area is 172 Å². The summed E-state index contributed by atoms with van der Waals surface area (Å²) in [7, 11) is 0. The molecule has 28 heavy (non-hydrogen) atoms. The van der Waals surface area contributed by atoms with Crippen molar-refractivity contribution in [2.24, 2.45) is 0 Å². The molecule has 3 heterocycles. The molecule has 1 amide bonds. The second kappa shape index (κ2) is 8.03. The van der Waals surface area contributed by atoms with Crippen molar-refractivity contribution >= 4 is 33.8 Å². The molecule has 1 aliphatic heterocycles. The van der Waals surface area contributed by atoms with Gasteiger partial charge in [-0.25, -0.2) is 4.98 Å². The Hall–Kier alpha value is -2.22. The summed E-state index contributed by atoms with van der Waals surface area (Å²) in [5.41, 5.74) is 2.19. The first-order valence-corrected chi connectivity index (χ1v) is 10.5. The molecule has 0 bridgehead atoms. The van der Waals surface area contributed by atoms with Crippen LogP contribution in [0.3, 0.4) is 0 Å². The molecule has 0 aliphatic carbocycles. The molecule has 0 unspecified atom stereocenters. The number of nitrogens with zero attached hydrogens (tertiary/aromatic N) is 4. The normalized spacial score (nSPS) is 15.7. The van der Waals surface area contributed by atoms with E-state index in [2.05, 4.69) is 9.88 Å². The molecule has 0 spiro atoms. The summed E-state index contributed by atoms with van der Waals surface area (Å²) in [5, 5.41) is 2.43. The molecule has 1 aromatic carbocycles. The Morgan fingerprint density at radius 1 is 1.21 bits per heavy atom. The highest BCUT2D eigenvalue weighted by Crippen LogP contribution is 2.19. The summed E-state index contributed by atoms with van der Waals surface area (Å²) in [6.07, 6.45) is 0.871. The lowest BCUT2D eigenvalue weighted by Gasteiger charge is -2.22. The Morgan fingerprint density at radius 3 is 2.86 bits per heavy atom. The van der Waals surface area contributed by atoms with Crippen LogP contribution in [0.4, 0.5) is 0 Å². The van der Waals surface area contributed by atoms with E-state index in [4.69, 9.17) is 11.6 Å². The predicted molar refractivity (Wildman–Crippen MR) is 111 cm³/mol. The fourth-order valence-electron chi connectivity index (χ4n) is 3.55. The lowest BCUT2D eigenvalue weighted by molar-refractivity contribution is 0.0761. The number of fused-ring (bicyclic) bond motifs is 1. The maximum atomic E-state index is 12.8. The number of benzene rings is 1. The van der Waals surface area contributed by atoms with Crippen molar-refractivity contribution in [3.63, 3.8) is 0 Å². The Morgan fingerprint density at radius 2 is 2.04 bits per heavy atom. The lowest BCUT2D eigenvalue weighted by atomic mass is 10.2. The van der Waals surface area contributed by atoms with Crippen LogP contribution >= 0.6 is 22.9 Å². The first-order valence-electron chi connectivity index (χ1n) is 9.26. The first-order chi connectivity index (χ1) is 13.5. The summed E-state index contributed by atoms with van der Waals surface area (Å²) in [4.78, 5) is 34.6. The van der Waals surface area contributed by atoms with E-state index < -0.39 is 0 Å². The molecule has 1 fully saturated rings. The number of amides is 1. The minimum atomic E-state index is -0.0379. The SMILES string of the molecule is Cc1csc2nc(CN3CCCN(C(=O)c4ccccc4Cl)CC3)cc(=O)n12. The molecular formula is C20H21ClN4O2S. The molecule has 0 radical (unpaired) electrons. The van der Waals surface area contributed by atoms with Crippen molar-refractivity contribution < 1.29 is 4.79 Å². The number of aryl methyl sites for hydroxylation is 1. The van der Waals surface area contributed by atoms with Gasteiger partial charge in [-0.05, 0) is 25.5 Å². The third-order valence-electron chi connectivity index (χ3n) is 4.99. The van der Waals surface area contributed by atoms with Crippen LogP contribution in [0.2, 0.25) is 5.02 Å². The van der Waals surface area contributed by atoms with Gasteiger partial charge in [0, 0.05) is 49.9 Å². The van der Waals surface area contributed by atoms with Gasteiger partial charge in [0.15, 0.2) is 4.96 Å². The molecule has 0 saturated carbocycles. The van der Waals surface area contributed by atoms with Crippen molar-refractivity contribution in [2.45, 2.75) is 19.9 Å². The zero-order valence-corrected chi connectivity index (χ0v) is 17.2. The van der Waals surface area contributed by atoms with Gasteiger partial charge in [0.1, 0.15) is 0 Å². The van der Waals surface area contributed by atoms with E-state index in [1.807, 2.05) is 29.3 Å². The monoisotopic (exact) mass is 416 g/mol. The second-order valence-electron chi connectivity index (χ2n) is 6.98. The average molecular weight is 417 g/mol. The lowest BCUT2D eigenvalue weighted by Crippen LogP contribution is -2.35. The second-order valence-corrected chi connectivity index (χ2v) is 8.23. The van der Waals surface area contributed by atoms with E-state index >= 15 is 0 Å². The van der Waals surface area contributed by atoms with Crippen molar-refractivity contribution in [2.75, 3.05) is 26.2 Å². The topological polar surface area (TPSA) is 57.9 Å². The fourth-order valence-corrected chi connectivity index (χ4v) is 4.66. The largest absolute Gasteiger partial charge is 0.337 e. The minimum Gasteiger partial charge on any atom is -0.337 e. The van der Waals surface area contributed by atoms with Gasteiger partial charge in [0.05, 0.1) is 16.3 Å². The van der Waals surface area contributed by atoms with Gasteiger partial charge < -0.3 is 4.90 Å². The standard InChI is InChI=1S/C20H21ClN4O2S/c1-14-13-28-20-22-15(11-18(26)25(14)20)12-23-7-4-8-24(10-9-23)19(27)16-5-2-3-6-17(16)21/h2-3,5-6,11,13H,4,7-10,12H2,1H3. The first kappa shape index (κ1) is 19.1. The maximum absolute atomic E-state index is 12.8. The number of carbonyl (C=O) groups is 1. The summed E-state index contributed by atoms with van der Waals surface area (Å²) in [6, 6.07) is 8.78. The van der Waals surface area contributed by atoms with Gasteiger partial charge in [-0.1, -0.05) is 23.7 Å². The number of rotatable bonds is 3. The van der Waals surface area contributed by atoms with Gasteiger partial charge in [-0.2, -0.15) is 0 Å². The molecule has 3 aromatic rings. The number of aromatic nitrogens is 2. The van der Waals surface area contributed by atoms with Crippen LogP contribution in [-0.4, -0.2) is 51.3 Å². The molecule has 1 aliphatic rings. The van der Waals surface area contributed by atoms with Crippen molar-refractivity contribution in [1.82, 2.24) is 19.2 Å². The van der Waals surface area contributed by atoms with Gasteiger partial charge >= 0.3 is 0 Å². The third-order valence-corrected chi connectivity index (χ3v) is 6.27. The zero-order valence-electron chi connectivity index (χ0n) is 15.6. The van der Waals surface area contributed by atoms with Gasteiger partial charge in [0.25, 0.3) is 11.5 Å². The molecule has 1 saturated heterocycles. The highest BCUT2D eigenvalue weighted by atomic mass is 35.5. The molecule has 146 valence electrons. The molecule has 0 N–H and O–H groups in total. The smallest absolute Gasteiger partial charge is 0.259 e. The minimum absolute atomic E-state index is 0.0284. The van der Waals surface area contributed by atoms with E-state index in [1.54, 1.807) is 22.6 Å². The molecule has 0 atom stereocenters.